The Morgan fingerprint density at radius 2 is 1.67 bits per heavy atom. The summed E-state index contributed by atoms with van der Waals surface area (Å²) >= 11 is 1.37. The van der Waals surface area contributed by atoms with Gasteiger partial charge in [0, 0.05) is 27.6 Å². The lowest BCUT2D eigenvalue weighted by Crippen LogP contribution is -2.11. The molecule has 0 aliphatic carbocycles. The van der Waals surface area contributed by atoms with Gasteiger partial charge in [-0.25, -0.2) is 4.98 Å². The van der Waals surface area contributed by atoms with Gasteiger partial charge in [0.25, 0.3) is 5.91 Å². The molecule has 3 aromatic heterocycles. The van der Waals surface area contributed by atoms with E-state index in [4.69, 9.17) is 8.83 Å². The highest BCUT2D eigenvalue weighted by Crippen LogP contribution is 2.30. The number of nitrogens with zero attached hydrogens (tertiary/aromatic N) is 3. The molecule has 3 heterocycles. The van der Waals surface area contributed by atoms with E-state index in [-0.39, 0.29) is 5.91 Å². The van der Waals surface area contributed by atoms with E-state index in [1.165, 1.54) is 11.3 Å². The van der Waals surface area contributed by atoms with Gasteiger partial charge in [-0.1, -0.05) is 18.2 Å². The molecule has 0 atom stereocenters. The molecule has 0 spiro atoms. The maximum atomic E-state index is 12.7. The second-order valence-corrected chi connectivity index (χ2v) is 8.48. The van der Waals surface area contributed by atoms with Gasteiger partial charge in [0.05, 0.1) is 5.69 Å². The second kappa shape index (κ2) is 8.48. The molecule has 0 aliphatic heterocycles. The van der Waals surface area contributed by atoms with Crippen LogP contribution in [0, 0.1) is 20.8 Å². The predicted molar refractivity (Wildman–Crippen MR) is 127 cm³/mol. The molecule has 0 saturated carbocycles. The molecule has 8 heteroatoms. The van der Waals surface area contributed by atoms with Crippen LogP contribution >= 0.6 is 11.3 Å². The Labute approximate surface area is 194 Å². The summed E-state index contributed by atoms with van der Waals surface area (Å²) in [7, 11) is 0. The Bertz CT molecular complexity index is 1450. The van der Waals surface area contributed by atoms with E-state index in [9.17, 15) is 4.79 Å². The molecule has 5 rings (SSSR count). The van der Waals surface area contributed by atoms with Crippen molar-refractivity contribution in [1.29, 1.82) is 0 Å². The molecule has 0 saturated heterocycles. The van der Waals surface area contributed by atoms with Crippen LogP contribution in [0.15, 0.2) is 68.8 Å². The van der Waals surface area contributed by atoms with Crippen LogP contribution in [0.25, 0.3) is 34.2 Å². The lowest BCUT2D eigenvalue weighted by atomic mass is 10.1. The highest BCUT2D eigenvalue weighted by atomic mass is 32.1. The lowest BCUT2D eigenvalue weighted by molar-refractivity contribution is 0.102. The second-order valence-electron chi connectivity index (χ2n) is 7.62. The van der Waals surface area contributed by atoms with Crippen molar-refractivity contribution in [3.63, 3.8) is 0 Å². The van der Waals surface area contributed by atoms with Crippen molar-refractivity contribution in [2.24, 2.45) is 0 Å². The molecule has 5 aromatic rings. The number of hydrogen-bond acceptors (Lipinski definition) is 7. The quantitative estimate of drug-likeness (QED) is 0.334. The van der Waals surface area contributed by atoms with Crippen molar-refractivity contribution >= 4 is 22.4 Å². The number of aryl methyl sites for hydroxylation is 3. The summed E-state index contributed by atoms with van der Waals surface area (Å²) < 4.78 is 11.4. The Hall–Kier alpha value is -4.04. The Kier molecular flexibility index (Phi) is 5.35. The summed E-state index contributed by atoms with van der Waals surface area (Å²) in [5.41, 5.74) is 4.91. The van der Waals surface area contributed by atoms with E-state index in [2.05, 4.69) is 20.5 Å². The van der Waals surface area contributed by atoms with Gasteiger partial charge in [0.2, 0.25) is 11.8 Å². The third-order valence-corrected chi connectivity index (χ3v) is 5.99. The molecule has 33 heavy (non-hydrogen) atoms. The smallest absolute Gasteiger partial charge is 0.257 e. The lowest BCUT2D eigenvalue weighted by Gasteiger charge is -2.02. The maximum absolute atomic E-state index is 12.7. The van der Waals surface area contributed by atoms with Crippen LogP contribution in [-0.4, -0.2) is 21.1 Å². The van der Waals surface area contributed by atoms with Crippen LogP contribution in [-0.2, 0) is 0 Å². The van der Waals surface area contributed by atoms with Crippen molar-refractivity contribution in [2.75, 3.05) is 5.32 Å². The first-order valence-corrected chi connectivity index (χ1v) is 11.2. The van der Waals surface area contributed by atoms with Gasteiger partial charge in [-0.05, 0) is 62.7 Å². The number of thiazole rings is 1. The van der Waals surface area contributed by atoms with Crippen LogP contribution in [0.2, 0.25) is 0 Å². The Balaban J connectivity index is 1.30. The van der Waals surface area contributed by atoms with Crippen molar-refractivity contribution in [1.82, 2.24) is 15.2 Å². The van der Waals surface area contributed by atoms with E-state index in [0.29, 0.717) is 22.5 Å². The minimum atomic E-state index is -0.242. The zero-order chi connectivity index (χ0) is 22.9. The number of benzene rings is 2. The summed E-state index contributed by atoms with van der Waals surface area (Å²) in [6, 6.07) is 16.8. The Morgan fingerprint density at radius 3 is 2.39 bits per heavy atom. The first-order valence-electron chi connectivity index (χ1n) is 10.3. The summed E-state index contributed by atoms with van der Waals surface area (Å²) in [6.07, 6.45) is 0. The largest absolute Gasteiger partial charge is 0.466 e. The molecule has 0 aliphatic rings. The summed E-state index contributed by atoms with van der Waals surface area (Å²) in [5, 5.41) is 13.6. The van der Waals surface area contributed by atoms with Crippen LogP contribution in [0.4, 0.5) is 5.13 Å². The third-order valence-electron chi connectivity index (χ3n) is 5.24. The van der Waals surface area contributed by atoms with Crippen molar-refractivity contribution in [3.05, 3.63) is 82.6 Å². The summed E-state index contributed by atoms with van der Waals surface area (Å²) in [6.45, 7) is 5.79. The van der Waals surface area contributed by atoms with Crippen LogP contribution < -0.4 is 5.32 Å². The number of anilines is 1. The number of amides is 1. The number of carbonyl (C=O) groups excluding carboxylic acids is 1. The highest BCUT2D eigenvalue weighted by molar-refractivity contribution is 7.14. The van der Waals surface area contributed by atoms with Crippen LogP contribution in [0.3, 0.4) is 0 Å². The van der Waals surface area contributed by atoms with Gasteiger partial charge in [0.1, 0.15) is 11.5 Å². The molecule has 0 radical (unpaired) electrons. The summed E-state index contributed by atoms with van der Waals surface area (Å²) in [5.74, 6) is 2.25. The average Bonchev–Trinajstić information content (AvgIpc) is 3.54. The van der Waals surface area contributed by atoms with E-state index in [1.54, 1.807) is 24.3 Å². The van der Waals surface area contributed by atoms with Gasteiger partial charge in [-0.2, -0.15) is 0 Å². The average molecular weight is 457 g/mol. The number of aromatic nitrogens is 3. The van der Waals surface area contributed by atoms with Gasteiger partial charge < -0.3 is 8.83 Å². The van der Waals surface area contributed by atoms with Crippen LogP contribution in [0.5, 0.6) is 0 Å². The van der Waals surface area contributed by atoms with Crippen molar-refractivity contribution in [3.8, 4) is 34.2 Å². The minimum absolute atomic E-state index is 0.242. The molecule has 164 valence electrons. The van der Waals surface area contributed by atoms with Gasteiger partial charge in [-0.3, -0.25) is 10.1 Å². The molecule has 2 aromatic carbocycles. The van der Waals surface area contributed by atoms with Gasteiger partial charge in [0.15, 0.2) is 5.13 Å². The maximum Gasteiger partial charge on any atom is 0.257 e. The first-order chi connectivity index (χ1) is 16.0. The monoisotopic (exact) mass is 456 g/mol. The number of carbonyl (C=O) groups is 1. The molecule has 0 unspecified atom stereocenters. The fraction of sp³-hybridized carbons (Fsp3) is 0.120. The fourth-order valence-corrected chi connectivity index (χ4v) is 4.24. The Morgan fingerprint density at radius 1 is 0.909 bits per heavy atom. The fourth-order valence-electron chi connectivity index (χ4n) is 3.54. The predicted octanol–water partition coefficient (Wildman–Crippen LogP) is 6.30. The van der Waals surface area contributed by atoms with E-state index >= 15 is 0 Å². The zero-order valence-electron chi connectivity index (χ0n) is 18.2. The zero-order valence-corrected chi connectivity index (χ0v) is 19.1. The standard InChI is InChI=1S/C25H20N4O3S/c1-14-6-4-5-7-19(14)24-29-28-23(32-24)18-10-8-17(9-11-18)22(30)27-25-26-21(13-33-25)20-12-15(2)31-16(20)3/h4-13H,1-3H3,(H,26,27,30). The van der Waals surface area contributed by atoms with Gasteiger partial charge in [-0.15, -0.1) is 21.5 Å². The number of nitrogens with one attached hydrogen (secondary N) is 1. The molecule has 7 nitrogen and oxygen atoms in total. The minimum Gasteiger partial charge on any atom is -0.466 e. The SMILES string of the molecule is Cc1cc(-c2csc(NC(=O)c3ccc(-c4nnc(-c5ccccc5C)o4)cc3)n2)c(C)o1. The van der Waals surface area contributed by atoms with Crippen LogP contribution in [0.1, 0.15) is 27.4 Å². The van der Waals surface area contributed by atoms with Crippen molar-refractivity contribution in [2.45, 2.75) is 20.8 Å². The number of hydrogen-bond donors (Lipinski definition) is 1. The van der Waals surface area contributed by atoms with Crippen molar-refractivity contribution < 1.29 is 13.6 Å². The molecular formula is C25H20N4O3S. The highest BCUT2D eigenvalue weighted by Gasteiger charge is 2.15. The molecule has 0 bridgehead atoms. The third kappa shape index (κ3) is 4.20. The molecular weight excluding hydrogens is 436 g/mol. The molecule has 0 fully saturated rings. The number of rotatable bonds is 5. The topological polar surface area (TPSA) is 94.1 Å². The van der Waals surface area contributed by atoms with E-state index in [1.807, 2.05) is 56.5 Å². The molecule has 1 amide bonds. The number of furan rings is 1. The van der Waals surface area contributed by atoms with Gasteiger partial charge >= 0.3 is 0 Å². The normalized spacial score (nSPS) is 11.0. The van der Waals surface area contributed by atoms with E-state index in [0.717, 1.165) is 39.5 Å². The molecule has 1 N–H and O–H groups in total. The summed E-state index contributed by atoms with van der Waals surface area (Å²) in [4.78, 5) is 17.2. The van der Waals surface area contributed by atoms with E-state index < -0.39 is 0 Å². The first kappa shape index (κ1) is 20.8.